The van der Waals surface area contributed by atoms with E-state index in [-0.39, 0.29) is 0 Å². The quantitative estimate of drug-likeness (QED) is 0.810. The van der Waals surface area contributed by atoms with Crippen molar-refractivity contribution < 1.29 is 9.59 Å². The van der Waals surface area contributed by atoms with Gasteiger partial charge in [0.2, 0.25) is 5.91 Å². The number of hydrogen-bond acceptors (Lipinski definition) is 3. The molecule has 0 spiro atoms. The standard InChI is InChI=1S/C18H21N3O2/c1-12-9-10-16(13(2)11-12)19-14(3)17(22)21-18(23)20-15-7-5-4-6-8-15/h4-11,14,19H,1-3H3,(H2,20,21,22,23). The third kappa shape index (κ3) is 4.85. The lowest BCUT2D eigenvalue weighted by atomic mass is 10.1. The molecule has 1 unspecified atom stereocenters. The third-order valence-electron chi connectivity index (χ3n) is 3.42. The molecule has 0 aromatic heterocycles. The highest BCUT2D eigenvalue weighted by Gasteiger charge is 2.16. The molecule has 5 heteroatoms. The number of carbonyl (C=O) groups is 2. The molecule has 0 aliphatic heterocycles. The van der Waals surface area contributed by atoms with Crippen LogP contribution in [0.4, 0.5) is 16.2 Å². The maximum absolute atomic E-state index is 12.1. The lowest BCUT2D eigenvalue weighted by Crippen LogP contribution is -2.43. The number of benzene rings is 2. The van der Waals surface area contributed by atoms with E-state index in [2.05, 4.69) is 16.0 Å². The summed E-state index contributed by atoms with van der Waals surface area (Å²) in [7, 11) is 0. The van der Waals surface area contributed by atoms with Gasteiger partial charge in [0.25, 0.3) is 0 Å². The van der Waals surface area contributed by atoms with E-state index in [0.29, 0.717) is 5.69 Å². The maximum Gasteiger partial charge on any atom is 0.325 e. The minimum Gasteiger partial charge on any atom is -0.374 e. The van der Waals surface area contributed by atoms with Crippen molar-refractivity contribution in [2.24, 2.45) is 0 Å². The molecule has 2 rings (SSSR count). The van der Waals surface area contributed by atoms with Crippen LogP contribution < -0.4 is 16.0 Å². The van der Waals surface area contributed by atoms with Crippen molar-refractivity contribution in [1.29, 1.82) is 0 Å². The summed E-state index contributed by atoms with van der Waals surface area (Å²) in [6.07, 6.45) is 0. The largest absolute Gasteiger partial charge is 0.374 e. The van der Waals surface area contributed by atoms with Crippen LogP contribution in [-0.4, -0.2) is 18.0 Å². The Hall–Kier alpha value is -2.82. The van der Waals surface area contributed by atoms with Crippen molar-refractivity contribution in [3.8, 4) is 0 Å². The molecule has 0 saturated heterocycles. The fourth-order valence-corrected chi connectivity index (χ4v) is 2.18. The second-order valence-corrected chi connectivity index (χ2v) is 5.49. The Bertz CT molecular complexity index is 699. The maximum atomic E-state index is 12.1. The highest BCUT2D eigenvalue weighted by molar-refractivity contribution is 6.03. The van der Waals surface area contributed by atoms with Crippen LogP contribution in [0.5, 0.6) is 0 Å². The van der Waals surface area contributed by atoms with Crippen LogP contribution in [0.3, 0.4) is 0 Å². The highest BCUT2D eigenvalue weighted by atomic mass is 16.2. The Morgan fingerprint density at radius 2 is 1.70 bits per heavy atom. The molecule has 1 atom stereocenters. The number of imide groups is 1. The minimum absolute atomic E-state index is 0.390. The van der Waals surface area contributed by atoms with Gasteiger partial charge >= 0.3 is 6.03 Å². The molecule has 3 amide bonds. The smallest absolute Gasteiger partial charge is 0.325 e. The Labute approximate surface area is 136 Å². The zero-order chi connectivity index (χ0) is 16.8. The summed E-state index contributed by atoms with van der Waals surface area (Å²) in [5.41, 5.74) is 3.72. The Morgan fingerprint density at radius 3 is 2.35 bits per heavy atom. The van der Waals surface area contributed by atoms with Crippen LogP contribution in [0.15, 0.2) is 48.5 Å². The van der Waals surface area contributed by atoms with E-state index in [9.17, 15) is 9.59 Å². The predicted octanol–water partition coefficient (Wildman–Crippen LogP) is 3.45. The van der Waals surface area contributed by atoms with Crippen molar-refractivity contribution in [3.63, 3.8) is 0 Å². The summed E-state index contributed by atoms with van der Waals surface area (Å²) in [6, 6.07) is 13.8. The lowest BCUT2D eigenvalue weighted by Gasteiger charge is -2.17. The van der Waals surface area contributed by atoms with Crippen LogP contribution in [0.2, 0.25) is 0 Å². The van der Waals surface area contributed by atoms with E-state index in [4.69, 9.17) is 0 Å². The van der Waals surface area contributed by atoms with Crippen LogP contribution in [0.1, 0.15) is 18.1 Å². The molecule has 0 radical (unpaired) electrons. The second-order valence-electron chi connectivity index (χ2n) is 5.49. The number of amides is 3. The molecule has 3 N–H and O–H groups in total. The van der Waals surface area contributed by atoms with Crippen LogP contribution in [0.25, 0.3) is 0 Å². The SMILES string of the molecule is Cc1ccc(NC(C)C(=O)NC(=O)Nc2ccccc2)c(C)c1. The molecule has 2 aromatic carbocycles. The first kappa shape index (κ1) is 16.5. The van der Waals surface area contributed by atoms with E-state index >= 15 is 0 Å². The minimum atomic E-state index is -0.546. The summed E-state index contributed by atoms with van der Waals surface area (Å²) in [6.45, 7) is 5.70. The lowest BCUT2D eigenvalue weighted by molar-refractivity contribution is -0.120. The third-order valence-corrected chi connectivity index (χ3v) is 3.42. The van der Waals surface area contributed by atoms with E-state index in [1.807, 2.05) is 50.2 Å². The first-order chi connectivity index (χ1) is 11.0. The summed E-state index contributed by atoms with van der Waals surface area (Å²) in [5.74, 6) is -0.390. The number of para-hydroxylation sites is 1. The van der Waals surface area contributed by atoms with E-state index in [0.717, 1.165) is 16.8 Å². The fraction of sp³-hybridized carbons (Fsp3) is 0.222. The molecule has 5 nitrogen and oxygen atoms in total. The molecule has 0 aliphatic carbocycles. The number of urea groups is 1. The molecule has 0 aliphatic rings. The van der Waals surface area contributed by atoms with Gasteiger partial charge in [-0.2, -0.15) is 0 Å². The van der Waals surface area contributed by atoms with Crippen LogP contribution in [-0.2, 0) is 4.79 Å². The number of hydrogen-bond donors (Lipinski definition) is 3. The summed E-state index contributed by atoms with van der Waals surface area (Å²) in [5, 5.41) is 8.05. The Morgan fingerprint density at radius 1 is 1.00 bits per heavy atom. The molecule has 2 aromatic rings. The summed E-state index contributed by atoms with van der Waals surface area (Å²) >= 11 is 0. The van der Waals surface area contributed by atoms with Crippen molar-refractivity contribution in [1.82, 2.24) is 5.32 Å². The van der Waals surface area contributed by atoms with Gasteiger partial charge in [-0.3, -0.25) is 10.1 Å². The molecule has 0 fully saturated rings. The van der Waals surface area contributed by atoms with Gasteiger partial charge in [-0.05, 0) is 44.5 Å². The Kier molecular flexibility index (Phi) is 5.36. The summed E-state index contributed by atoms with van der Waals surface area (Å²) < 4.78 is 0. The molecule has 120 valence electrons. The monoisotopic (exact) mass is 311 g/mol. The summed E-state index contributed by atoms with van der Waals surface area (Å²) in [4.78, 5) is 23.9. The first-order valence-electron chi connectivity index (χ1n) is 7.46. The van der Waals surface area contributed by atoms with Gasteiger partial charge < -0.3 is 10.6 Å². The van der Waals surface area contributed by atoms with Crippen molar-refractivity contribution >= 4 is 23.3 Å². The molecular formula is C18H21N3O2. The van der Waals surface area contributed by atoms with Gasteiger partial charge in [-0.25, -0.2) is 4.79 Å². The van der Waals surface area contributed by atoms with Gasteiger partial charge in [-0.15, -0.1) is 0 Å². The van der Waals surface area contributed by atoms with Crippen molar-refractivity contribution in [2.75, 3.05) is 10.6 Å². The first-order valence-corrected chi connectivity index (χ1v) is 7.46. The van der Waals surface area contributed by atoms with E-state index in [1.165, 1.54) is 0 Å². The van der Waals surface area contributed by atoms with Crippen molar-refractivity contribution in [3.05, 3.63) is 59.7 Å². The average molecular weight is 311 g/mol. The molecule has 0 saturated carbocycles. The highest BCUT2D eigenvalue weighted by Crippen LogP contribution is 2.17. The number of anilines is 2. The number of rotatable bonds is 4. The zero-order valence-corrected chi connectivity index (χ0v) is 13.5. The number of carbonyl (C=O) groups excluding carboxylic acids is 2. The van der Waals surface area contributed by atoms with Gasteiger partial charge in [0, 0.05) is 11.4 Å². The number of aryl methyl sites for hydroxylation is 2. The molecular weight excluding hydrogens is 290 g/mol. The topological polar surface area (TPSA) is 70.2 Å². The predicted molar refractivity (Wildman–Crippen MR) is 92.6 cm³/mol. The van der Waals surface area contributed by atoms with Crippen LogP contribution >= 0.6 is 0 Å². The molecule has 23 heavy (non-hydrogen) atoms. The van der Waals surface area contributed by atoms with Gasteiger partial charge in [0.05, 0.1) is 0 Å². The van der Waals surface area contributed by atoms with E-state index < -0.39 is 18.0 Å². The fourth-order valence-electron chi connectivity index (χ4n) is 2.18. The Balaban J connectivity index is 1.90. The van der Waals surface area contributed by atoms with E-state index in [1.54, 1.807) is 19.1 Å². The number of nitrogens with one attached hydrogen (secondary N) is 3. The van der Waals surface area contributed by atoms with Crippen LogP contribution in [0, 0.1) is 13.8 Å². The van der Waals surface area contributed by atoms with Gasteiger partial charge in [0.15, 0.2) is 0 Å². The average Bonchev–Trinajstić information content (AvgIpc) is 2.50. The van der Waals surface area contributed by atoms with Crippen molar-refractivity contribution in [2.45, 2.75) is 26.8 Å². The van der Waals surface area contributed by atoms with Gasteiger partial charge in [-0.1, -0.05) is 35.9 Å². The van der Waals surface area contributed by atoms with Gasteiger partial charge in [0.1, 0.15) is 6.04 Å². The zero-order valence-electron chi connectivity index (χ0n) is 13.5. The second kappa shape index (κ2) is 7.45. The molecule has 0 bridgehead atoms. The molecule has 0 heterocycles. The normalized spacial score (nSPS) is 11.4.